The molecule has 3 nitrogen and oxygen atoms in total. The van der Waals surface area contributed by atoms with Crippen LogP contribution in [0.5, 0.6) is 0 Å². The lowest BCUT2D eigenvalue weighted by atomic mass is 10.2. The molecule has 0 aliphatic carbocycles. The predicted molar refractivity (Wildman–Crippen MR) is 75.5 cm³/mol. The molecule has 102 valence electrons. The molecule has 0 saturated carbocycles. The van der Waals surface area contributed by atoms with Crippen LogP contribution in [0, 0.1) is 5.92 Å². The second-order valence-corrected chi connectivity index (χ2v) is 6.07. The fourth-order valence-electron chi connectivity index (χ4n) is 2.40. The molecular formula is C14H31N3. The van der Waals surface area contributed by atoms with Gasteiger partial charge in [-0.05, 0) is 33.2 Å². The summed E-state index contributed by atoms with van der Waals surface area (Å²) in [5.74, 6) is 0.750. The number of nitrogens with one attached hydrogen (secondary N) is 1. The summed E-state index contributed by atoms with van der Waals surface area (Å²) in [4.78, 5) is 5.19. The van der Waals surface area contributed by atoms with Gasteiger partial charge < -0.3 is 5.32 Å². The summed E-state index contributed by atoms with van der Waals surface area (Å²) >= 11 is 0. The Hall–Kier alpha value is -0.120. The van der Waals surface area contributed by atoms with Crippen molar-refractivity contribution in [2.45, 2.75) is 46.7 Å². The van der Waals surface area contributed by atoms with Crippen LogP contribution in [0.4, 0.5) is 0 Å². The van der Waals surface area contributed by atoms with Gasteiger partial charge in [0.2, 0.25) is 0 Å². The van der Waals surface area contributed by atoms with Crippen LogP contribution in [-0.4, -0.2) is 61.2 Å². The Morgan fingerprint density at radius 3 is 1.82 bits per heavy atom. The van der Waals surface area contributed by atoms with Gasteiger partial charge in [-0.2, -0.15) is 0 Å². The highest BCUT2D eigenvalue weighted by Crippen LogP contribution is 2.08. The topological polar surface area (TPSA) is 18.5 Å². The maximum atomic E-state index is 3.56. The number of rotatable bonds is 6. The molecule has 1 unspecified atom stereocenters. The highest BCUT2D eigenvalue weighted by molar-refractivity contribution is 4.78. The monoisotopic (exact) mass is 241 g/mol. The lowest BCUT2D eigenvalue weighted by molar-refractivity contribution is 0.0829. The Morgan fingerprint density at radius 1 is 0.824 bits per heavy atom. The average Bonchev–Trinajstić information content (AvgIpc) is 2.28. The van der Waals surface area contributed by atoms with Crippen LogP contribution in [0.25, 0.3) is 0 Å². The van der Waals surface area contributed by atoms with Crippen LogP contribution in [0.15, 0.2) is 0 Å². The van der Waals surface area contributed by atoms with Crippen molar-refractivity contribution in [3.8, 4) is 0 Å². The zero-order valence-corrected chi connectivity index (χ0v) is 12.4. The van der Waals surface area contributed by atoms with Gasteiger partial charge in [0, 0.05) is 44.8 Å². The van der Waals surface area contributed by atoms with Gasteiger partial charge in [0.25, 0.3) is 0 Å². The van der Waals surface area contributed by atoms with Crippen molar-refractivity contribution in [2.75, 3.05) is 39.3 Å². The van der Waals surface area contributed by atoms with Crippen molar-refractivity contribution in [3.05, 3.63) is 0 Å². The molecule has 1 atom stereocenters. The molecular weight excluding hydrogens is 210 g/mol. The van der Waals surface area contributed by atoms with E-state index in [0.717, 1.165) is 19.0 Å². The van der Waals surface area contributed by atoms with E-state index < -0.39 is 0 Å². The van der Waals surface area contributed by atoms with Gasteiger partial charge in [-0.25, -0.2) is 0 Å². The van der Waals surface area contributed by atoms with Crippen molar-refractivity contribution in [1.82, 2.24) is 15.1 Å². The summed E-state index contributed by atoms with van der Waals surface area (Å²) in [6.45, 7) is 18.6. The van der Waals surface area contributed by atoms with Gasteiger partial charge in [-0.1, -0.05) is 13.8 Å². The van der Waals surface area contributed by atoms with Crippen molar-refractivity contribution in [3.63, 3.8) is 0 Å². The molecule has 1 fully saturated rings. The van der Waals surface area contributed by atoms with E-state index in [-0.39, 0.29) is 0 Å². The molecule has 1 aliphatic heterocycles. The van der Waals surface area contributed by atoms with E-state index in [2.05, 4.69) is 49.7 Å². The summed E-state index contributed by atoms with van der Waals surface area (Å²) in [6, 6.07) is 1.37. The Morgan fingerprint density at radius 2 is 1.35 bits per heavy atom. The van der Waals surface area contributed by atoms with E-state index in [1.54, 1.807) is 0 Å². The molecule has 17 heavy (non-hydrogen) atoms. The zero-order chi connectivity index (χ0) is 12.8. The first kappa shape index (κ1) is 14.9. The molecule has 3 heteroatoms. The Bertz CT molecular complexity index is 196. The number of hydrogen-bond acceptors (Lipinski definition) is 3. The smallest absolute Gasteiger partial charge is 0.0193 e. The summed E-state index contributed by atoms with van der Waals surface area (Å²) in [7, 11) is 0. The van der Waals surface area contributed by atoms with Crippen LogP contribution < -0.4 is 5.32 Å². The fraction of sp³-hybridized carbons (Fsp3) is 1.00. The van der Waals surface area contributed by atoms with E-state index in [0.29, 0.717) is 12.1 Å². The quantitative estimate of drug-likeness (QED) is 0.763. The van der Waals surface area contributed by atoms with Crippen LogP contribution >= 0.6 is 0 Å². The highest BCUT2D eigenvalue weighted by Gasteiger charge is 2.21. The first-order chi connectivity index (χ1) is 8.00. The molecule has 0 bridgehead atoms. The second-order valence-electron chi connectivity index (χ2n) is 6.07. The van der Waals surface area contributed by atoms with E-state index in [9.17, 15) is 0 Å². The molecule has 0 aromatic carbocycles. The van der Waals surface area contributed by atoms with Gasteiger partial charge in [-0.3, -0.25) is 9.80 Å². The van der Waals surface area contributed by atoms with Crippen molar-refractivity contribution < 1.29 is 0 Å². The molecule has 1 saturated heterocycles. The minimum atomic E-state index is 0.670. The van der Waals surface area contributed by atoms with Gasteiger partial charge >= 0.3 is 0 Å². The Labute approximate surface area is 108 Å². The first-order valence-corrected chi connectivity index (χ1v) is 7.19. The van der Waals surface area contributed by atoms with Crippen LogP contribution in [0.1, 0.15) is 34.6 Å². The normalized spacial score (nSPS) is 21.4. The summed E-state index contributed by atoms with van der Waals surface area (Å²) in [5.41, 5.74) is 0. The van der Waals surface area contributed by atoms with Crippen LogP contribution in [-0.2, 0) is 0 Å². The Kier molecular flexibility index (Phi) is 6.45. The largest absolute Gasteiger partial charge is 0.315 e. The predicted octanol–water partition coefficient (Wildman–Crippen LogP) is 1.65. The van der Waals surface area contributed by atoms with Crippen molar-refractivity contribution >= 4 is 0 Å². The minimum absolute atomic E-state index is 0.670. The van der Waals surface area contributed by atoms with E-state index in [1.807, 2.05) is 0 Å². The molecule has 1 heterocycles. The maximum absolute atomic E-state index is 3.56. The first-order valence-electron chi connectivity index (χ1n) is 7.19. The third kappa shape index (κ3) is 5.36. The van der Waals surface area contributed by atoms with Crippen molar-refractivity contribution in [2.24, 2.45) is 5.92 Å². The fourth-order valence-corrected chi connectivity index (χ4v) is 2.40. The summed E-state index contributed by atoms with van der Waals surface area (Å²) in [6.07, 6.45) is 0. The van der Waals surface area contributed by atoms with Crippen LogP contribution in [0.3, 0.4) is 0 Å². The van der Waals surface area contributed by atoms with Gasteiger partial charge in [0.15, 0.2) is 0 Å². The average molecular weight is 241 g/mol. The third-order valence-corrected chi connectivity index (χ3v) is 3.69. The lowest BCUT2D eigenvalue weighted by Crippen LogP contribution is -2.53. The number of nitrogens with zero attached hydrogens (tertiary/aromatic N) is 2. The molecule has 0 amide bonds. The minimum Gasteiger partial charge on any atom is -0.315 e. The van der Waals surface area contributed by atoms with E-state index >= 15 is 0 Å². The molecule has 0 aromatic heterocycles. The SMILES string of the molecule is CC(C)CNCC(C)N1CCN(C(C)C)CC1. The van der Waals surface area contributed by atoms with E-state index in [4.69, 9.17) is 0 Å². The van der Waals surface area contributed by atoms with Gasteiger partial charge in [0.1, 0.15) is 0 Å². The molecule has 0 aromatic rings. The van der Waals surface area contributed by atoms with Crippen LogP contribution in [0.2, 0.25) is 0 Å². The second kappa shape index (κ2) is 7.34. The molecule has 0 radical (unpaired) electrons. The molecule has 1 aliphatic rings. The highest BCUT2D eigenvalue weighted by atomic mass is 15.3. The molecule has 1 N–H and O–H groups in total. The number of hydrogen-bond donors (Lipinski definition) is 1. The third-order valence-electron chi connectivity index (χ3n) is 3.69. The standard InChI is InChI=1S/C14H31N3/c1-12(2)10-15-11-14(5)17-8-6-16(7-9-17)13(3)4/h12-15H,6-11H2,1-5H3. The Balaban J connectivity index is 2.19. The summed E-state index contributed by atoms with van der Waals surface area (Å²) in [5, 5.41) is 3.56. The molecule has 0 spiro atoms. The van der Waals surface area contributed by atoms with Crippen molar-refractivity contribution in [1.29, 1.82) is 0 Å². The number of piperazine rings is 1. The van der Waals surface area contributed by atoms with Gasteiger partial charge in [0.05, 0.1) is 0 Å². The molecule has 1 rings (SSSR count). The van der Waals surface area contributed by atoms with E-state index in [1.165, 1.54) is 26.2 Å². The lowest BCUT2D eigenvalue weighted by Gasteiger charge is -2.39. The summed E-state index contributed by atoms with van der Waals surface area (Å²) < 4.78 is 0. The van der Waals surface area contributed by atoms with Gasteiger partial charge in [-0.15, -0.1) is 0 Å². The zero-order valence-electron chi connectivity index (χ0n) is 12.4. The maximum Gasteiger partial charge on any atom is 0.0193 e.